The van der Waals surface area contributed by atoms with Gasteiger partial charge < -0.3 is 15.4 Å². The van der Waals surface area contributed by atoms with E-state index < -0.39 is 0 Å². The Kier molecular flexibility index (Phi) is 7.70. The van der Waals surface area contributed by atoms with E-state index in [9.17, 15) is 4.79 Å². The Hall–Kier alpha value is -0.910. The summed E-state index contributed by atoms with van der Waals surface area (Å²) in [5.41, 5.74) is 1.12. The van der Waals surface area contributed by atoms with Crippen molar-refractivity contribution in [3.05, 3.63) is 34.3 Å². The van der Waals surface area contributed by atoms with Gasteiger partial charge >= 0.3 is 0 Å². The van der Waals surface area contributed by atoms with Crippen LogP contribution in [0.4, 0.5) is 0 Å². The van der Waals surface area contributed by atoms with E-state index in [-0.39, 0.29) is 11.9 Å². The molecule has 0 saturated heterocycles. The highest BCUT2D eigenvalue weighted by Gasteiger charge is 2.12. The third kappa shape index (κ3) is 6.18. The molecule has 1 amide bonds. The first-order valence-corrected chi connectivity index (χ1v) is 7.21. The maximum atomic E-state index is 11.8. The molecule has 0 aromatic heterocycles. The van der Waals surface area contributed by atoms with Crippen molar-refractivity contribution in [3.8, 4) is 0 Å². The van der Waals surface area contributed by atoms with E-state index >= 15 is 0 Å². The molecule has 1 rings (SSSR count). The molecule has 4 nitrogen and oxygen atoms in total. The monoisotopic (exact) mass is 328 g/mol. The van der Waals surface area contributed by atoms with Crippen LogP contribution in [0.25, 0.3) is 0 Å². The Morgan fingerprint density at radius 2 is 2.05 bits per heavy atom. The molecular formula is C14H21BrN2O2. The van der Waals surface area contributed by atoms with Crippen molar-refractivity contribution in [2.45, 2.75) is 19.4 Å². The largest absolute Gasteiger partial charge is 0.383 e. The third-order valence-electron chi connectivity index (χ3n) is 2.78. The number of nitrogens with one attached hydrogen (secondary N) is 2. The molecule has 1 atom stereocenters. The molecule has 1 unspecified atom stereocenters. The lowest BCUT2D eigenvalue weighted by Crippen LogP contribution is -2.37. The van der Waals surface area contributed by atoms with Gasteiger partial charge in [0, 0.05) is 18.1 Å². The number of hydrogen-bond acceptors (Lipinski definition) is 3. The van der Waals surface area contributed by atoms with Gasteiger partial charge in [-0.25, -0.2) is 0 Å². The normalized spacial score (nSPS) is 12.2. The number of halogens is 1. The minimum Gasteiger partial charge on any atom is -0.383 e. The summed E-state index contributed by atoms with van der Waals surface area (Å²) in [6.07, 6.45) is 0.867. The first kappa shape index (κ1) is 16.1. The first-order chi connectivity index (χ1) is 9.17. The second-order valence-electron chi connectivity index (χ2n) is 4.25. The molecule has 0 radical (unpaired) electrons. The molecule has 0 fully saturated rings. The minimum absolute atomic E-state index is 0.00544. The van der Waals surface area contributed by atoms with Crippen molar-refractivity contribution in [1.29, 1.82) is 0 Å². The van der Waals surface area contributed by atoms with Crippen molar-refractivity contribution < 1.29 is 9.53 Å². The van der Waals surface area contributed by atoms with Crippen molar-refractivity contribution in [2.24, 2.45) is 0 Å². The van der Waals surface area contributed by atoms with E-state index in [1.165, 1.54) is 0 Å². The Morgan fingerprint density at radius 1 is 1.37 bits per heavy atom. The zero-order valence-corrected chi connectivity index (χ0v) is 13.0. The molecule has 106 valence electrons. The van der Waals surface area contributed by atoms with E-state index in [2.05, 4.69) is 33.5 Å². The van der Waals surface area contributed by atoms with Crippen molar-refractivity contribution in [3.63, 3.8) is 0 Å². The maximum Gasteiger partial charge on any atom is 0.234 e. The lowest BCUT2D eigenvalue weighted by atomic mass is 10.0. The average molecular weight is 329 g/mol. The third-order valence-corrected chi connectivity index (χ3v) is 3.31. The van der Waals surface area contributed by atoms with Crippen LogP contribution in [0.2, 0.25) is 0 Å². The van der Waals surface area contributed by atoms with Gasteiger partial charge in [0.25, 0.3) is 0 Å². The SMILES string of the molecule is CCC(NC(=O)CNCCOC)c1ccc(Br)cc1. The van der Waals surface area contributed by atoms with E-state index in [0.717, 1.165) is 16.5 Å². The fourth-order valence-electron chi connectivity index (χ4n) is 1.74. The van der Waals surface area contributed by atoms with Gasteiger partial charge in [-0.05, 0) is 24.1 Å². The Bertz CT molecular complexity index is 382. The summed E-state index contributed by atoms with van der Waals surface area (Å²) in [7, 11) is 1.64. The van der Waals surface area contributed by atoms with Crippen LogP contribution in [0.15, 0.2) is 28.7 Å². The summed E-state index contributed by atoms with van der Waals surface area (Å²) in [5, 5.41) is 6.05. The highest BCUT2D eigenvalue weighted by molar-refractivity contribution is 9.10. The highest BCUT2D eigenvalue weighted by Crippen LogP contribution is 2.19. The number of amides is 1. The second kappa shape index (κ2) is 9.07. The molecule has 0 aliphatic heterocycles. The zero-order chi connectivity index (χ0) is 14.1. The van der Waals surface area contributed by atoms with Gasteiger partial charge in [-0.3, -0.25) is 4.79 Å². The Morgan fingerprint density at radius 3 is 2.63 bits per heavy atom. The minimum atomic E-state index is 0.00544. The van der Waals surface area contributed by atoms with Crippen LogP contribution in [-0.4, -0.2) is 32.7 Å². The molecule has 2 N–H and O–H groups in total. The number of rotatable bonds is 8. The predicted molar refractivity (Wildman–Crippen MR) is 80.1 cm³/mol. The van der Waals surface area contributed by atoms with Crippen molar-refractivity contribution in [1.82, 2.24) is 10.6 Å². The van der Waals surface area contributed by atoms with Crippen LogP contribution in [-0.2, 0) is 9.53 Å². The number of carbonyl (C=O) groups is 1. The fourth-order valence-corrected chi connectivity index (χ4v) is 2.00. The Balaban J connectivity index is 2.43. The molecule has 19 heavy (non-hydrogen) atoms. The van der Waals surface area contributed by atoms with Crippen LogP contribution < -0.4 is 10.6 Å². The van der Waals surface area contributed by atoms with Crippen molar-refractivity contribution in [2.75, 3.05) is 26.8 Å². The molecule has 1 aromatic carbocycles. The molecule has 0 bridgehead atoms. The second-order valence-corrected chi connectivity index (χ2v) is 5.17. The van der Waals surface area contributed by atoms with E-state index in [0.29, 0.717) is 19.7 Å². The molecule has 0 spiro atoms. The summed E-state index contributed by atoms with van der Waals surface area (Å²) in [4.78, 5) is 11.8. The van der Waals surface area contributed by atoms with E-state index in [1.54, 1.807) is 7.11 Å². The van der Waals surface area contributed by atoms with Crippen LogP contribution in [0.5, 0.6) is 0 Å². The van der Waals surface area contributed by atoms with Gasteiger partial charge in [-0.2, -0.15) is 0 Å². The van der Waals surface area contributed by atoms with Crippen LogP contribution in [0, 0.1) is 0 Å². The van der Waals surface area contributed by atoms with E-state index in [4.69, 9.17) is 4.74 Å². The number of ether oxygens (including phenoxy) is 1. The van der Waals surface area contributed by atoms with Crippen molar-refractivity contribution >= 4 is 21.8 Å². The summed E-state index contributed by atoms with van der Waals surface area (Å²) in [6.45, 7) is 3.66. The Labute approximate surface area is 123 Å². The summed E-state index contributed by atoms with van der Waals surface area (Å²) < 4.78 is 5.95. The molecule has 0 saturated carbocycles. The molecule has 0 heterocycles. The van der Waals surface area contributed by atoms with Crippen LogP contribution >= 0.6 is 15.9 Å². The standard InChI is InChI=1S/C14H21BrN2O2/c1-3-13(11-4-6-12(15)7-5-11)17-14(18)10-16-8-9-19-2/h4-7,13,16H,3,8-10H2,1-2H3,(H,17,18). The van der Waals surface area contributed by atoms with Gasteiger partial charge in [0.05, 0.1) is 19.2 Å². The summed E-state index contributed by atoms with van der Waals surface area (Å²) >= 11 is 3.41. The van der Waals surface area contributed by atoms with Crippen LogP contribution in [0.3, 0.4) is 0 Å². The number of methoxy groups -OCH3 is 1. The predicted octanol–water partition coefficient (Wildman–Crippen LogP) is 2.25. The summed E-state index contributed by atoms with van der Waals surface area (Å²) in [5.74, 6) is 0.00544. The smallest absolute Gasteiger partial charge is 0.234 e. The lowest BCUT2D eigenvalue weighted by Gasteiger charge is -2.17. The lowest BCUT2D eigenvalue weighted by molar-refractivity contribution is -0.121. The van der Waals surface area contributed by atoms with Gasteiger partial charge in [-0.15, -0.1) is 0 Å². The molecule has 0 aliphatic rings. The summed E-state index contributed by atoms with van der Waals surface area (Å²) in [6, 6.07) is 8.08. The molecule has 5 heteroatoms. The van der Waals surface area contributed by atoms with Gasteiger partial charge in [-0.1, -0.05) is 35.0 Å². The molecule has 0 aliphatic carbocycles. The average Bonchev–Trinajstić information content (AvgIpc) is 2.42. The topological polar surface area (TPSA) is 50.4 Å². The number of carbonyl (C=O) groups excluding carboxylic acids is 1. The van der Waals surface area contributed by atoms with Gasteiger partial charge in [0.2, 0.25) is 5.91 Å². The fraction of sp³-hybridized carbons (Fsp3) is 0.500. The molecular weight excluding hydrogens is 308 g/mol. The highest BCUT2D eigenvalue weighted by atomic mass is 79.9. The van der Waals surface area contributed by atoms with Crippen LogP contribution in [0.1, 0.15) is 24.9 Å². The first-order valence-electron chi connectivity index (χ1n) is 6.41. The number of hydrogen-bond donors (Lipinski definition) is 2. The molecule has 1 aromatic rings. The van der Waals surface area contributed by atoms with E-state index in [1.807, 2.05) is 24.3 Å². The van der Waals surface area contributed by atoms with Gasteiger partial charge in [0.1, 0.15) is 0 Å². The maximum absolute atomic E-state index is 11.8. The van der Waals surface area contributed by atoms with Gasteiger partial charge in [0.15, 0.2) is 0 Å². The quantitative estimate of drug-likeness (QED) is 0.719. The zero-order valence-electron chi connectivity index (χ0n) is 11.4. The number of benzene rings is 1.